The number of hydrogen-bond donors (Lipinski definition) is 0. The summed E-state index contributed by atoms with van der Waals surface area (Å²) in [6.07, 6.45) is 0.122. The Hall–Kier alpha value is -1.08. The van der Waals surface area contributed by atoms with Crippen LogP contribution < -0.4 is 5.46 Å². The molecule has 0 spiro atoms. The van der Waals surface area contributed by atoms with Crippen molar-refractivity contribution in [2.45, 2.75) is 45.0 Å². The molecular weight excluding hydrogens is 328 g/mol. The Morgan fingerprint density at radius 2 is 1.83 bits per heavy atom. The quantitative estimate of drug-likeness (QED) is 0.783. The van der Waals surface area contributed by atoms with Gasteiger partial charge in [-0.2, -0.15) is 0 Å². The van der Waals surface area contributed by atoms with Crippen molar-refractivity contribution in [1.29, 1.82) is 0 Å². The van der Waals surface area contributed by atoms with E-state index in [0.29, 0.717) is 23.7 Å². The summed E-state index contributed by atoms with van der Waals surface area (Å²) < 4.78 is 17.2. The van der Waals surface area contributed by atoms with Crippen molar-refractivity contribution < 1.29 is 18.8 Å². The molecule has 0 unspecified atom stereocenters. The van der Waals surface area contributed by atoms with Gasteiger partial charge in [0.15, 0.2) is 0 Å². The Balaban J connectivity index is 1.75. The lowest BCUT2D eigenvalue weighted by molar-refractivity contribution is -0.0191. The van der Waals surface area contributed by atoms with Gasteiger partial charge in [-0.1, -0.05) is 17.7 Å². The third-order valence-corrected chi connectivity index (χ3v) is 5.53. The predicted molar refractivity (Wildman–Crippen MR) is 93.9 cm³/mol. The van der Waals surface area contributed by atoms with Crippen LogP contribution >= 0.6 is 11.6 Å². The van der Waals surface area contributed by atoms with Gasteiger partial charge < -0.3 is 18.9 Å². The van der Waals surface area contributed by atoms with Gasteiger partial charge in [0.2, 0.25) is 0 Å². The largest absolute Gasteiger partial charge is 0.494 e. The van der Waals surface area contributed by atoms with E-state index in [1.165, 1.54) is 0 Å². The van der Waals surface area contributed by atoms with E-state index in [1.807, 2.05) is 33.8 Å². The lowest BCUT2D eigenvalue weighted by Gasteiger charge is -2.38. The van der Waals surface area contributed by atoms with E-state index in [-0.39, 0.29) is 12.0 Å². The van der Waals surface area contributed by atoms with E-state index in [1.54, 1.807) is 24.1 Å². The van der Waals surface area contributed by atoms with Gasteiger partial charge in [0, 0.05) is 20.2 Å². The van der Waals surface area contributed by atoms with E-state index in [9.17, 15) is 4.79 Å². The average molecular weight is 352 g/mol. The van der Waals surface area contributed by atoms with Gasteiger partial charge >= 0.3 is 7.12 Å². The van der Waals surface area contributed by atoms with Crippen LogP contribution in [-0.2, 0) is 14.0 Å². The normalized spacial score (nSPS) is 22.6. The number of nitrogens with zero attached hydrogens (tertiary/aromatic N) is 1. The van der Waals surface area contributed by atoms with E-state index >= 15 is 0 Å². The summed E-state index contributed by atoms with van der Waals surface area (Å²) in [4.78, 5) is 14.2. The van der Waals surface area contributed by atoms with Crippen molar-refractivity contribution in [2.75, 3.05) is 20.2 Å². The first-order chi connectivity index (χ1) is 11.1. The predicted octanol–water partition coefficient (Wildman–Crippen LogP) is 2.11. The van der Waals surface area contributed by atoms with E-state index in [4.69, 9.17) is 25.6 Å². The molecule has 1 aromatic rings. The number of ether oxygens (including phenoxy) is 1. The maximum atomic E-state index is 12.5. The molecule has 2 heterocycles. The summed E-state index contributed by atoms with van der Waals surface area (Å²) in [5.74, 6) is -0.0752. The number of hydrogen-bond acceptors (Lipinski definition) is 4. The highest BCUT2D eigenvalue weighted by atomic mass is 35.5. The number of amides is 1. The molecule has 24 heavy (non-hydrogen) atoms. The standard InChI is InChI=1S/C17H23BClNO4/c1-16(2)17(3,4)24-18(23-16)11-6-7-13(14(19)8-11)15(21)20-9-12(10-20)22-5/h6-8,12H,9-10H2,1-5H3. The summed E-state index contributed by atoms with van der Waals surface area (Å²) in [5, 5.41) is 0.410. The van der Waals surface area contributed by atoms with Crippen LogP contribution in [0.4, 0.5) is 0 Å². The third kappa shape index (κ3) is 2.97. The van der Waals surface area contributed by atoms with Gasteiger partial charge in [-0.25, -0.2) is 0 Å². The summed E-state index contributed by atoms with van der Waals surface area (Å²) >= 11 is 6.35. The Labute approximate surface area is 148 Å². The molecule has 1 aromatic carbocycles. The third-order valence-electron chi connectivity index (χ3n) is 5.22. The van der Waals surface area contributed by atoms with Crippen LogP contribution in [0.1, 0.15) is 38.1 Å². The number of benzene rings is 1. The second kappa shape index (κ2) is 6.02. The number of halogens is 1. The first-order valence-corrected chi connectivity index (χ1v) is 8.49. The number of carbonyl (C=O) groups is 1. The van der Waals surface area contributed by atoms with Gasteiger partial charge in [0.1, 0.15) is 0 Å². The lowest BCUT2D eigenvalue weighted by Crippen LogP contribution is -2.54. The zero-order valence-electron chi connectivity index (χ0n) is 14.8. The molecule has 5 nitrogen and oxygen atoms in total. The Kier molecular flexibility index (Phi) is 4.45. The monoisotopic (exact) mass is 351 g/mol. The van der Waals surface area contributed by atoms with Crippen LogP contribution in [0.3, 0.4) is 0 Å². The molecule has 0 saturated carbocycles. The van der Waals surface area contributed by atoms with Crippen LogP contribution in [0, 0.1) is 0 Å². The number of carbonyl (C=O) groups excluding carboxylic acids is 1. The SMILES string of the molecule is COC1CN(C(=O)c2ccc(B3OC(C)(C)C(C)(C)O3)cc2Cl)C1. The van der Waals surface area contributed by atoms with E-state index < -0.39 is 18.3 Å². The van der Waals surface area contributed by atoms with Gasteiger partial charge in [-0.05, 0) is 45.3 Å². The summed E-state index contributed by atoms with van der Waals surface area (Å²) in [5.41, 5.74) is 0.483. The van der Waals surface area contributed by atoms with Crippen molar-refractivity contribution in [3.8, 4) is 0 Å². The number of likely N-dealkylation sites (tertiary alicyclic amines) is 1. The van der Waals surface area contributed by atoms with Crippen LogP contribution in [-0.4, -0.2) is 55.4 Å². The average Bonchev–Trinajstić information content (AvgIpc) is 2.66. The molecule has 1 amide bonds. The fourth-order valence-electron chi connectivity index (χ4n) is 2.75. The van der Waals surface area contributed by atoms with Crippen LogP contribution in [0.5, 0.6) is 0 Å². The number of methoxy groups -OCH3 is 1. The lowest BCUT2D eigenvalue weighted by atomic mass is 9.79. The molecular formula is C17H23BClNO4. The highest BCUT2D eigenvalue weighted by Crippen LogP contribution is 2.36. The van der Waals surface area contributed by atoms with Crippen molar-refractivity contribution in [3.05, 3.63) is 28.8 Å². The van der Waals surface area contributed by atoms with Crippen LogP contribution in [0.15, 0.2) is 18.2 Å². The highest BCUT2D eigenvalue weighted by molar-refractivity contribution is 6.62. The molecule has 7 heteroatoms. The molecule has 130 valence electrons. The Bertz CT molecular complexity index is 642. The maximum absolute atomic E-state index is 12.5. The Morgan fingerprint density at radius 1 is 1.25 bits per heavy atom. The molecule has 0 atom stereocenters. The fourth-order valence-corrected chi connectivity index (χ4v) is 3.02. The van der Waals surface area contributed by atoms with Gasteiger partial charge in [0.05, 0.1) is 27.9 Å². The zero-order chi connectivity index (χ0) is 17.7. The molecule has 0 aliphatic carbocycles. The number of rotatable bonds is 3. The molecule has 0 N–H and O–H groups in total. The van der Waals surface area contributed by atoms with Gasteiger partial charge in [0.25, 0.3) is 5.91 Å². The molecule has 2 aliphatic rings. The summed E-state index contributed by atoms with van der Waals surface area (Å²) in [7, 11) is 1.16. The van der Waals surface area contributed by atoms with E-state index in [0.717, 1.165) is 5.46 Å². The van der Waals surface area contributed by atoms with Crippen molar-refractivity contribution in [1.82, 2.24) is 4.90 Å². The van der Waals surface area contributed by atoms with Crippen LogP contribution in [0.25, 0.3) is 0 Å². The zero-order valence-corrected chi connectivity index (χ0v) is 15.5. The van der Waals surface area contributed by atoms with Gasteiger partial charge in [-0.15, -0.1) is 0 Å². The molecule has 3 rings (SSSR count). The first kappa shape index (κ1) is 17.7. The summed E-state index contributed by atoms with van der Waals surface area (Å²) in [6.45, 7) is 9.21. The second-order valence-electron chi connectivity index (χ2n) is 7.40. The minimum atomic E-state index is -0.487. The van der Waals surface area contributed by atoms with Crippen molar-refractivity contribution >= 4 is 30.1 Å². The fraction of sp³-hybridized carbons (Fsp3) is 0.588. The molecule has 2 fully saturated rings. The topological polar surface area (TPSA) is 48.0 Å². The summed E-state index contributed by atoms with van der Waals surface area (Å²) in [6, 6.07) is 5.34. The maximum Gasteiger partial charge on any atom is 0.494 e. The minimum absolute atomic E-state index is 0.0752. The van der Waals surface area contributed by atoms with Crippen molar-refractivity contribution in [3.63, 3.8) is 0 Å². The van der Waals surface area contributed by atoms with E-state index in [2.05, 4.69) is 0 Å². The second-order valence-corrected chi connectivity index (χ2v) is 7.80. The first-order valence-electron chi connectivity index (χ1n) is 8.12. The van der Waals surface area contributed by atoms with Crippen molar-refractivity contribution in [2.24, 2.45) is 0 Å². The Morgan fingerprint density at radius 3 is 2.33 bits per heavy atom. The highest BCUT2D eigenvalue weighted by Gasteiger charge is 2.51. The molecule has 0 bridgehead atoms. The van der Waals surface area contributed by atoms with Gasteiger partial charge in [-0.3, -0.25) is 4.79 Å². The van der Waals surface area contributed by atoms with Crippen LogP contribution in [0.2, 0.25) is 5.02 Å². The molecule has 2 aliphatic heterocycles. The minimum Gasteiger partial charge on any atom is -0.399 e. The molecule has 0 radical (unpaired) electrons. The molecule has 2 saturated heterocycles. The smallest absolute Gasteiger partial charge is 0.399 e. The molecule has 0 aromatic heterocycles.